The van der Waals surface area contributed by atoms with Gasteiger partial charge in [0.15, 0.2) is 6.10 Å². The zero-order valence-electron chi connectivity index (χ0n) is 13.8. The molecule has 0 unspecified atom stereocenters. The molecule has 1 atom stereocenters. The Morgan fingerprint density at radius 1 is 1.29 bits per heavy atom. The molecule has 2 aromatic rings. The van der Waals surface area contributed by atoms with E-state index in [4.69, 9.17) is 4.74 Å². The van der Waals surface area contributed by atoms with E-state index in [1.165, 1.54) is 11.0 Å². The van der Waals surface area contributed by atoms with Gasteiger partial charge in [0.05, 0.1) is 0 Å². The number of nitro groups is 1. The maximum Gasteiger partial charge on any atom is 0.406 e. The zero-order chi connectivity index (χ0) is 17.7. The molecule has 0 saturated carbocycles. The smallest absolute Gasteiger partial charge is 0.406 e. The third-order valence-corrected chi connectivity index (χ3v) is 3.44. The summed E-state index contributed by atoms with van der Waals surface area (Å²) in [5.41, 5.74) is 1.50. The van der Waals surface area contributed by atoms with Crippen molar-refractivity contribution in [3.05, 3.63) is 63.8 Å². The van der Waals surface area contributed by atoms with E-state index < -0.39 is 11.0 Å². The summed E-state index contributed by atoms with van der Waals surface area (Å²) in [6.07, 6.45) is -0.859. The van der Waals surface area contributed by atoms with Crippen molar-refractivity contribution in [1.82, 2.24) is 9.88 Å². The van der Waals surface area contributed by atoms with Crippen LogP contribution in [0.4, 0.5) is 5.82 Å². The molecule has 1 aromatic heterocycles. The first kappa shape index (κ1) is 17.4. The fraction of sp³-hybridized carbons (Fsp3) is 0.294. The van der Waals surface area contributed by atoms with Crippen LogP contribution >= 0.6 is 0 Å². The number of hydrogen-bond donors (Lipinski definition) is 0. The second-order valence-electron chi connectivity index (χ2n) is 5.47. The first-order valence-corrected chi connectivity index (χ1v) is 7.46. The topological polar surface area (TPSA) is 85.6 Å². The number of rotatable bonds is 6. The molecule has 7 heteroatoms. The maximum absolute atomic E-state index is 12.4. The number of nitrogens with zero attached hydrogens (tertiary/aromatic N) is 3. The summed E-state index contributed by atoms with van der Waals surface area (Å²) in [7, 11) is 1.66. The Labute approximate surface area is 140 Å². The van der Waals surface area contributed by atoms with Crippen molar-refractivity contribution in [2.45, 2.75) is 26.5 Å². The second kappa shape index (κ2) is 7.54. The van der Waals surface area contributed by atoms with Crippen molar-refractivity contribution in [2.24, 2.45) is 0 Å². The van der Waals surface area contributed by atoms with Gasteiger partial charge < -0.3 is 19.8 Å². The van der Waals surface area contributed by atoms with Gasteiger partial charge in [-0.25, -0.2) is 0 Å². The van der Waals surface area contributed by atoms with Gasteiger partial charge in [0.2, 0.25) is 5.75 Å². The number of benzene rings is 1. The Morgan fingerprint density at radius 3 is 2.58 bits per heavy atom. The van der Waals surface area contributed by atoms with Crippen molar-refractivity contribution in [2.75, 3.05) is 7.05 Å². The average molecular weight is 329 g/mol. The number of pyridine rings is 1. The van der Waals surface area contributed by atoms with E-state index >= 15 is 0 Å². The van der Waals surface area contributed by atoms with E-state index in [9.17, 15) is 14.9 Å². The Balaban J connectivity index is 2.07. The molecule has 0 aliphatic rings. The first-order valence-electron chi connectivity index (χ1n) is 7.46. The van der Waals surface area contributed by atoms with Crippen LogP contribution in [-0.2, 0) is 11.3 Å². The SMILES string of the molecule is Cc1ccc(O[C@@H](C)C(=O)N(C)Cc2ccccc2)c([N+](=O)[O-])n1. The minimum Gasteiger partial charge on any atom is -0.473 e. The monoisotopic (exact) mass is 329 g/mol. The predicted molar refractivity (Wildman–Crippen MR) is 88.6 cm³/mol. The molecular formula is C17H19N3O4. The highest BCUT2D eigenvalue weighted by Gasteiger charge is 2.24. The molecule has 7 nitrogen and oxygen atoms in total. The molecule has 0 N–H and O–H groups in total. The Kier molecular flexibility index (Phi) is 5.47. The Hall–Kier alpha value is -2.96. The van der Waals surface area contributed by atoms with E-state index in [0.29, 0.717) is 12.2 Å². The molecule has 0 fully saturated rings. The number of aromatic nitrogens is 1. The molecule has 0 aliphatic heterocycles. The molecule has 24 heavy (non-hydrogen) atoms. The summed E-state index contributed by atoms with van der Waals surface area (Å²) in [6, 6.07) is 12.6. The molecule has 0 spiro atoms. The maximum atomic E-state index is 12.4. The summed E-state index contributed by atoms with van der Waals surface area (Å²) in [5, 5.41) is 11.1. The van der Waals surface area contributed by atoms with Gasteiger partial charge in [0, 0.05) is 20.5 Å². The third kappa shape index (κ3) is 4.28. The van der Waals surface area contributed by atoms with Crippen molar-refractivity contribution in [3.8, 4) is 5.75 Å². The van der Waals surface area contributed by atoms with Gasteiger partial charge in [-0.1, -0.05) is 30.3 Å². The number of carbonyl (C=O) groups is 1. The lowest BCUT2D eigenvalue weighted by Crippen LogP contribution is -2.37. The minimum atomic E-state index is -0.859. The minimum absolute atomic E-state index is 0.0143. The fourth-order valence-electron chi connectivity index (χ4n) is 2.24. The number of ether oxygens (including phenoxy) is 1. The van der Waals surface area contributed by atoms with E-state index in [0.717, 1.165) is 5.56 Å². The lowest BCUT2D eigenvalue weighted by Gasteiger charge is -2.22. The second-order valence-corrected chi connectivity index (χ2v) is 5.47. The van der Waals surface area contributed by atoms with Gasteiger partial charge in [-0.15, -0.1) is 0 Å². The number of carbonyl (C=O) groups excluding carboxylic acids is 1. The van der Waals surface area contributed by atoms with Crippen LogP contribution in [0.2, 0.25) is 0 Å². The molecule has 1 amide bonds. The van der Waals surface area contributed by atoms with E-state index in [1.807, 2.05) is 30.3 Å². The van der Waals surface area contributed by atoms with Crippen LogP contribution < -0.4 is 4.74 Å². The number of hydrogen-bond acceptors (Lipinski definition) is 5. The molecule has 0 bridgehead atoms. The molecule has 1 aromatic carbocycles. The van der Waals surface area contributed by atoms with Crippen LogP contribution in [0.15, 0.2) is 42.5 Å². The molecule has 1 heterocycles. The van der Waals surface area contributed by atoms with Gasteiger partial charge >= 0.3 is 5.82 Å². The summed E-state index contributed by atoms with van der Waals surface area (Å²) >= 11 is 0. The van der Waals surface area contributed by atoms with Crippen LogP contribution in [0.25, 0.3) is 0 Å². The van der Waals surface area contributed by atoms with Gasteiger partial charge in [-0.3, -0.25) is 4.79 Å². The molecule has 0 aliphatic carbocycles. The van der Waals surface area contributed by atoms with Gasteiger partial charge in [-0.05, 0) is 34.5 Å². The summed E-state index contributed by atoms with van der Waals surface area (Å²) in [4.78, 5) is 28.2. The van der Waals surface area contributed by atoms with E-state index in [1.54, 1.807) is 27.0 Å². The number of amides is 1. The number of likely N-dealkylation sites (N-methyl/N-ethyl adjacent to an activating group) is 1. The first-order chi connectivity index (χ1) is 11.4. The Bertz CT molecular complexity index is 734. The summed E-state index contributed by atoms with van der Waals surface area (Å²) in [5.74, 6) is -0.673. The largest absolute Gasteiger partial charge is 0.473 e. The van der Waals surface area contributed by atoms with Gasteiger partial charge in [0.1, 0.15) is 5.69 Å². The average Bonchev–Trinajstić information content (AvgIpc) is 2.56. The van der Waals surface area contributed by atoms with Crippen LogP contribution in [0.5, 0.6) is 5.75 Å². The highest BCUT2D eigenvalue weighted by Crippen LogP contribution is 2.25. The highest BCUT2D eigenvalue weighted by atomic mass is 16.6. The Morgan fingerprint density at radius 2 is 1.96 bits per heavy atom. The quantitative estimate of drug-likeness (QED) is 0.601. The van der Waals surface area contributed by atoms with Crippen molar-refractivity contribution in [3.63, 3.8) is 0 Å². The molecule has 0 saturated heterocycles. The van der Waals surface area contributed by atoms with Crippen molar-refractivity contribution in [1.29, 1.82) is 0 Å². The third-order valence-electron chi connectivity index (χ3n) is 3.44. The van der Waals surface area contributed by atoms with Crippen LogP contribution in [0.1, 0.15) is 18.2 Å². The summed E-state index contributed by atoms with van der Waals surface area (Å²) in [6.45, 7) is 3.65. The van der Waals surface area contributed by atoms with E-state index in [-0.39, 0.29) is 17.5 Å². The number of aryl methyl sites for hydroxylation is 1. The van der Waals surface area contributed by atoms with E-state index in [2.05, 4.69) is 4.98 Å². The molecule has 0 radical (unpaired) electrons. The van der Waals surface area contributed by atoms with Gasteiger partial charge in [0.25, 0.3) is 5.91 Å². The normalized spacial score (nSPS) is 11.6. The fourth-order valence-corrected chi connectivity index (χ4v) is 2.24. The van der Waals surface area contributed by atoms with Crippen molar-refractivity contribution >= 4 is 11.7 Å². The zero-order valence-corrected chi connectivity index (χ0v) is 13.8. The molecule has 126 valence electrons. The van der Waals surface area contributed by atoms with Crippen molar-refractivity contribution < 1.29 is 14.5 Å². The lowest BCUT2D eigenvalue weighted by atomic mass is 10.2. The van der Waals surface area contributed by atoms with Crippen LogP contribution in [-0.4, -0.2) is 33.9 Å². The molecule has 2 rings (SSSR count). The summed E-state index contributed by atoms with van der Waals surface area (Å²) < 4.78 is 5.49. The van der Waals surface area contributed by atoms with Gasteiger partial charge in [-0.2, -0.15) is 0 Å². The predicted octanol–water partition coefficient (Wildman–Crippen LogP) is 2.72. The molecular weight excluding hydrogens is 310 g/mol. The van der Waals surface area contributed by atoms with Crippen LogP contribution in [0, 0.1) is 17.0 Å². The lowest BCUT2D eigenvalue weighted by molar-refractivity contribution is -0.390. The van der Waals surface area contributed by atoms with Crippen LogP contribution in [0.3, 0.4) is 0 Å². The highest BCUT2D eigenvalue weighted by molar-refractivity contribution is 5.80. The standard InChI is InChI=1S/C17H19N3O4/c1-12-9-10-15(16(18-12)20(22)23)24-13(2)17(21)19(3)11-14-7-5-4-6-8-14/h4-10,13H,11H2,1-3H3/t13-/m0/s1.